The van der Waals surface area contributed by atoms with Gasteiger partial charge in [-0.3, -0.25) is 9.69 Å². The summed E-state index contributed by atoms with van der Waals surface area (Å²) in [6.07, 6.45) is 2.09. The van der Waals surface area contributed by atoms with Crippen LogP contribution in [0.4, 0.5) is 0 Å². The molecule has 178 valence electrons. The molecule has 2 saturated heterocycles. The number of hydrogen-bond donors (Lipinski definition) is 0. The summed E-state index contributed by atoms with van der Waals surface area (Å²) in [7, 11) is 1.63. The maximum absolute atomic E-state index is 13.1. The van der Waals surface area contributed by atoms with Gasteiger partial charge in [0.2, 0.25) is 0 Å². The molecule has 2 aromatic heterocycles. The van der Waals surface area contributed by atoms with Crippen LogP contribution in [-0.2, 0) is 6.54 Å². The van der Waals surface area contributed by atoms with Crippen LogP contribution in [-0.4, -0.2) is 58.4 Å². The maximum Gasteiger partial charge on any atom is 0.254 e. The fraction of sp³-hybridized carbons (Fsp3) is 0.286. The summed E-state index contributed by atoms with van der Waals surface area (Å²) in [5.74, 6) is 1.79. The Morgan fingerprint density at radius 3 is 2.51 bits per heavy atom. The lowest BCUT2D eigenvalue weighted by Gasteiger charge is -2.22. The molecule has 2 atom stereocenters. The van der Waals surface area contributed by atoms with Crippen LogP contribution in [0.5, 0.6) is 5.75 Å². The van der Waals surface area contributed by atoms with Crippen LogP contribution in [0.25, 0.3) is 16.9 Å². The molecule has 2 aliphatic heterocycles. The van der Waals surface area contributed by atoms with Gasteiger partial charge in [-0.25, -0.2) is 4.98 Å². The quantitative estimate of drug-likeness (QED) is 0.404. The summed E-state index contributed by atoms with van der Waals surface area (Å²) in [6.45, 7) is 4.38. The van der Waals surface area contributed by atoms with E-state index in [1.807, 2.05) is 71.6 Å². The molecular weight excluding hydrogens is 460 g/mol. The highest BCUT2D eigenvalue weighted by molar-refractivity contribution is 6.30. The first-order chi connectivity index (χ1) is 17.1. The Morgan fingerprint density at radius 2 is 1.77 bits per heavy atom. The molecule has 0 spiro atoms. The van der Waals surface area contributed by atoms with Gasteiger partial charge in [0.1, 0.15) is 11.4 Å². The van der Waals surface area contributed by atoms with Crippen molar-refractivity contribution in [3.63, 3.8) is 0 Å². The Morgan fingerprint density at radius 1 is 1.00 bits per heavy atom. The van der Waals surface area contributed by atoms with Crippen LogP contribution in [0.2, 0.25) is 5.02 Å². The number of ether oxygens (including phenoxy) is 1. The van der Waals surface area contributed by atoms with Gasteiger partial charge in [-0.15, -0.1) is 0 Å². The molecule has 0 aliphatic carbocycles. The monoisotopic (exact) mass is 486 g/mol. The van der Waals surface area contributed by atoms with Crippen molar-refractivity contribution < 1.29 is 9.53 Å². The van der Waals surface area contributed by atoms with Crippen molar-refractivity contribution >= 4 is 23.2 Å². The Bertz CT molecular complexity index is 1370. The maximum atomic E-state index is 13.1. The van der Waals surface area contributed by atoms with E-state index in [4.69, 9.17) is 21.3 Å². The second-order valence-electron chi connectivity index (χ2n) is 9.50. The summed E-state index contributed by atoms with van der Waals surface area (Å²) in [5.41, 5.74) is 4.90. The minimum Gasteiger partial charge on any atom is -0.497 e. The largest absolute Gasteiger partial charge is 0.497 e. The van der Waals surface area contributed by atoms with E-state index in [0.717, 1.165) is 54.7 Å². The number of nitrogens with zero attached hydrogens (tertiary/aromatic N) is 4. The van der Waals surface area contributed by atoms with Crippen molar-refractivity contribution in [1.29, 1.82) is 0 Å². The van der Waals surface area contributed by atoms with Gasteiger partial charge in [-0.1, -0.05) is 35.9 Å². The zero-order chi connectivity index (χ0) is 23.9. The van der Waals surface area contributed by atoms with Crippen LogP contribution in [0, 0.1) is 11.8 Å². The van der Waals surface area contributed by atoms with E-state index in [2.05, 4.69) is 15.5 Å². The average Bonchev–Trinajstić information content (AvgIpc) is 3.56. The summed E-state index contributed by atoms with van der Waals surface area (Å²) < 4.78 is 7.48. The third kappa shape index (κ3) is 4.17. The number of carbonyl (C=O) groups is 1. The average molecular weight is 487 g/mol. The molecule has 2 aromatic carbocycles. The minimum absolute atomic E-state index is 0.0941. The first-order valence-corrected chi connectivity index (χ1v) is 12.3. The number of halogens is 1. The number of imidazole rings is 1. The number of pyridine rings is 1. The normalized spacial score (nSPS) is 19.9. The molecule has 6 rings (SSSR count). The van der Waals surface area contributed by atoms with E-state index >= 15 is 0 Å². The number of benzene rings is 2. The van der Waals surface area contributed by atoms with Crippen molar-refractivity contribution in [2.45, 2.75) is 6.54 Å². The Labute approximate surface area is 209 Å². The van der Waals surface area contributed by atoms with Gasteiger partial charge in [0, 0.05) is 55.1 Å². The fourth-order valence-corrected chi connectivity index (χ4v) is 5.70. The van der Waals surface area contributed by atoms with Gasteiger partial charge in [0.05, 0.1) is 18.5 Å². The highest BCUT2D eigenvalue weighted by Crippen LogP contribution is 2.34. The molecule has 1 amide bonds. The number of aromatic nitrogens is 2. The topological polar surface area (TPSA) is 50.1 Å². The highest BCUT2D eigenvalue weighted by atomic mass is 35.5. The number of likely N-dealkylation sites (tertiary alicyclic amines) is 2. The summed E-state index contributed by atoms with van der Waals surface area (Å²) in [4.78, 5) is 22.6. The van der Waals surface area contributed by atoms with Crippen LogP contribution in [0.3, 0.4) is 0 Å². The van der Waals surface area contributed by atoms with Gasteiger partial charge in [0.25, 0.3) is 5.91 Å². The molecule has 4 heterocycles. The number of hydrogen-bond acceptors (Lipinski definition) is 4. The summed E-state index contributed by atoms with van der Waals surface area (Å²) in [6, 6.07) is 21.4. The standard InChI is InChI=1S/C28H27ClN4O2/c1-35-24-6-4-5-20(13-24)28(34)32-16-21-14-31(15-22(21)17-32)18-25-27(19-8-10-23(29)11-9-19)30-26-7-2-3-12-33(25)26/h2-13,21-22H,14-18H2,1H3. The van der Waals surface area contributed by atoms with Crippen molar-refractivity contribution in [1.82, 2.24) is 19.2 Å². The van der Waals surface area contributed by atoms with Crippen LogP contribution >= 0.6 is 11.6 Å². The molecule has 4 aromatic rings. The van der Waals surface area contributed by atoms with Crippen molar-refractivity contribution in [3.05, 3.63) is 89.2 Å². The lowest BCUT2D eigenvalue weighted by Crippen LogP contribution is -2.33. The number of carbonyl (C=O) groups excluding carboxylic acids is 1. The lowest BCUT2D eigenvalue weighted by atomic mass is 10.0. The molecule has 2 aliphatic rings. The van der Waals surface area contributed by atoms with Crippen molar-refractivity contribution in [3.8, 4) is 17.0 Å². The van der Waals surface area contributed by atoms with Gasteiger partial charge in [-0.05, 0) is 54.3 Å². The van der Waals surface area contributed by atoms with E-state index < -0.39 is 0 Å². The Kier molecular flexibility index (Phi) is 5.71. The van der Waals surface area contributed by atoms with E-state index in [1.165, 1.54) is 5.69 Å². The zero-order valence-electron chi connectivity index (χ0n) is 19.6. The van der Waals surface area contributed by atoms with Gasteiger partial charge < -0.3 is 14.0 Å². The zero-order valence-corrected chi connectivity index (χ0v) is 20.4. The van der Waals surface area contributed by atoms with Crippen molar-refractivity contribution in [2.24, 2.45) is 11.8 Å². The van der Waals surface area contributed by atoms with E-state index in [-0.39, 0.29) is 5.91 Å². The molecule has 2 fully saturated rings. The lowest BCUT2D eigenvalue weighted by molar-refractivity contribution is 0.0773. The number of fused-ring (bicyclic) bond motifs is 2. The molecule has 0 bridgehead atoms. The predicted octanol–water partition coefficient (Wildman–Crippen LogP) is 4.87. The second-order valence-corrected chi connectivity index (χ2v) is 9.94. The third-order valence-electron chi connectivity index (χ3n) is 7.29. The number of methoxy groups -OCH3 is 1. The molecule has 35 heavy (non-hydrogen) atoms. The van der Waals surface area contributed by atoms with Gasteiger partial charge >= 0.3 is 0 Å². The molecule has 0 radical (unpaired) electrons. The molecule has 7 heteroatoms. The summed E-state index contributed by atoms with van der Waals surface area (Å²) in [5, 5.41) is 0.722. The van der Waals surface area contributed by atoms with Crippen LogP contribution in [0.15, 0.2) is 72.9 Å². The first kappa shape index (κ1) is 22.1. The smallest absolute Gasteiger partial charge is 0.254 e. The number of amides is 1. The summed E-state index contributed by atoms with van der Waals surface area (Å²) >= 11 is 6.13. The van der Waals surface area contributed by atoms with Crippen molar-refractivity contribution in [2.75, 3.05) is 33.3 Å². The predicted molar refractivity (Wildman–Crippen MR) is 137 cm³/mol. The van der Waals surface area contributed by atoms with Crippen LogP contribution < -0.4 is 4.74 Å². The molecular formula is C28H27ClN4O2. The fourth-order valence-electron chi connectivity index (χ4n) is 5.57. The van der Waals surface area contributed by atoms with Gasteiger partial charge in [0.15, 0.2) is 0 Å². The molecule has 2 unspecified atom stereocenters. The molecule has 6 nitrogen and oxygen atoms in total. The minimum atomic E-state index is 0.0941. The Hall–Kier alpha value is -3.35. The highest BCUT2D eigenvalue weighted by Gasteiger charge is 2.42. The molecule has 0 N–H and O–H groups in total. The van der Waals surface area contributed by atoms with Gasteiger partial charge in [-0.2, -0.15) is 0 Å². The second kappa shape index (κ2) is 9.02. The third-order valence-corrected chi connectivity index (χ3v) is 7.54. The molecule has 0 saturated carbocycles. The van der Waals surface area contributed by atoms with E-state index in [0.29, 0.717) is 23.1 Å². The van der Waals surface area contributed by atoms with Crippen LogP contribution in [0.1, 0.15) is 16.1 Å². The van der Waals surface area contributed by atoms with E-state index in [9.17, 15) is 4.79 Å². The van der Waals surface area contributed by atoms with E-state index in [1.54, 1.807) is 7.11 Å². The number of rotatable bonds is 5. The SMILES string of the molecule is COc1cccc(C(=O)N2CC3CN(Cc4c(-c5ccc(Cl)cc5)nc5ccccn45)CC3C2)c1. The Balaban J connectivity index is 1.19. The first-order valence-electron chi connectivity index (χ1n) is 12.0.